The predicted octanol–water partition coefficient (Wildman–Crippen LogP) is 4.05. The molecule has 0 aliphatic heterocycles. The van der Waals surface area contributed by atoms with Gasteiger partial charge in [0.25, 0.3) is 0 Å². The molecule has 3 rings (SSSR count). The Bertz CT molecular complexity index is 920. The van der Waals surface area contributed by atoms with Gasteiger partial charge in [0, 0.05) is 14.1 Å². The van der Waals surface area contributed by atoms with Crippen LogP contribution < -0.4 is 15.0 Å². The molecule has 1 heterocycles. The number of methoxy groups -OCH3 is 1. The molecule has 26 heavy (non-hydrogen) atoms. The molecule has 1 atom stereocenters. The minimum Gasteiger partial charge on any atom is -0.497 e. The topological polar surface area (TPSA) is 54.5 Å². The quantitative estimate of drug-likeness (QED) is 0.755. The Balaban J connectivity index is 1.76. The molecule has 0 bridgehead atoms. The molecule has 0 saturated heterocycles. The highest BCUT2D eigenvalue weighted by atomic mass is 16.5. The van der Waals surface area contributed by atoms with Gasteiger partial charge in [0.1, 0.15) is 11.6 Å². The molecule has 0 aliphatic rings. The third-order valence-electron chi connectivity index (χ3n) is 4.44. The van der Waals surface area contributed by atoms with E-state index in [9.17, 15) is 4.79 Å². The van der Waals surface area contributed by atoms with Crippen LogP contribution in [0.3, 0.4) is 0 Å². The number of pyridine rings is 1. The Morgan fingerprint density at radius 2 is 1.81 bits per heavy atom. The van der Waals surface area contributed by atoms with Gasteiger partial charge in [-0.2, -0.15) is 0 Å². The van der Waals surface area contributed by atoms with Crippen LogP contribution in [0.5, 0.6) is 5.75 Å². The first-order valence-electron chi connectivity index (χ1n) is 8.50. The number of hydrogen-bond donors (Lipinski definition) is 1. The second-order valence-electron chi connectivity index (χ2n) is 6.48. The molecule has 0 unspecified atom stereocenters. The fraction of sp³-hybridized carbons (Fsp3) is 0.238. The van der Waals surface area contributed by atoms with Gasteiger partial charge in [0.15, 0.2) is 0 Å². The van der Waals surface area contributed by atoms with E-state index in [1.807, 2.05) is 74.4 Å². The van der Waals surface area contributed by atoms with E-state index in [2.05, 4.69) is 10.3 Å². The Morgan fingerprint density at radius 1 is 1.08 bits per heavy atom. The van der Waals surface area contributed by atoms with Crippen molar-refractivity contribution in [3.05, 3.63) is 60.3 Å². The molecule has 1 N–H and O–H groups in total. The number of rotatable bonds is 5. The number of anilines is 2. The number of nitrogens with zero attached hydrogens (tertiary/aromatic N) is 2. The van der Waals surface area contributed by atoms with Gasteiger partial charge in [-0.25, -0.2) is 4.98 Å². The third kappa shape index (κ3) is 3.77. The van der Waals surface area contributed by atoms with E-state index in [-0.39, 0.29) is 11.8 Å². The number of amides is 1. The average molecular weight is 349 g/mol. The SMILES string of the molecule is COc1ccc2cc([C@@H](C)C(=O)Nc3ccc(N(C)C)nc3)ccc2c1. The fourth-order valence-electron chi connectivity index (χ4n) is 2.77. The van der Waals surface area contributed by atoms with Crippen molar-refractivity contribution in [2.75, 3.05) is 31.4 Å². The maximum absolute atomic E-state index is 12.6. The van der Waals surface area contributed by atoms with Crippen LogP contribution in [0.2, 0.25) is 0 Å². The summed E-state index contributed by atoms with van der Waals surface area (Å²) in [6, 6.07) is 15.7. The average Bonchev–Trinajstić information content (AvgIpc) is 2.66. The van der Waals surface area contributed by atoms with Gasteiger partial charge >= 0.3 is 0 Å². The summed E-state index contributed by atoms with van der Waals surface area (Å²) in [5, 5.41) is 5.10. The van der Waals surface area contributed by atoms with Crippen molar-refractivity contribution >= 4 is 28.2 Å². The fourth-order valence-corrected chi connectivity index (χ4v) is 2.77. The summed E-state index contributed by atoms with van der Waals surface area (Å²) < 4.78 is 5.25. The molecular weight excluding hydrogens is 326 g/mol. The zero-order valence-corrected chi connectivity index (χ0v) is 15.5. The summed E-state index contributed by atoms with van der Waals surface area (Å²) in [5.41, 5.74) is 1.66. The molecule has 5 heteroatoms. The van der Waals surface area contributed by atoms with Crippen LogP contribution in [-0.4, -0.2) is 32.1 Å². The van der Waals surface area contributed by atoms with Crippen molar-refractivity contribution in [3.63, 3.8) is 0 Å². The van der Waals surface area contributed by atoms with Crippen molar-refractivity contribution in [2.45, 2.75) is 12.8 Å². The van der Waals surface area contributed by atoms with Gasteiger partial charge in [-0.1, -0.05) is 24.3 Å². The van der Waals surface area contributed by atoms with E-state index in [1.165, 1.54) is 0 Å². The van der Waals surface area contributed by atoms with Crippen molar-refractivity contribution in [1.29, 1.82) is 0 Å². The molecule has 0 radical (unpaired) electrons. The molecule has 0 spiro atoms. The first kappa shape index (κ1) is 17.7. The standard InChI is InChI=1S/C21H23N3O2/c1-14(21(25)23-18-8-10-20(22-13-18)24(2)3)15-5-6-17-12-19(26-4)9-7-16(17)11-15/h5-14H,1-4H3,(H,23,25)/t14-/m1/s1. The molecule has 0 aliphatic carbocycles. The molecule has 1 amide bonds. The number of carbonyl (C=O) groups excluding carboxylic acids is 1. The van der Waals surface area contributed by atoms with Crippen molar-refractivity contribution in [1.82, 2.24) is 4.98 Å². The highest BCUT2D eigenvalue weighted by Gasteiger charge is 2.16. The number of aromatic nitrogens is 1. The van der Waals surface area contributed by atoms with Crippen LogP contribution in [0, 0.1) is 0 Å². The van der Waals surface area contributed by atoms with Gasteiger partial charge in [0.2, 0.25) is 5.91 Å². The molecule has 0 fully saturated rings. The van der Waals surface area contributed by atoms with E-state index >= 15 is 0 Å². The van der Waals surface area contributed by atoms with Crippen molar-refractivity contribution < 1.29 is 9.53 Å². The lowest BCUT2D eigenvalue weighted by Crippen LogP contribution is -2.19. The first-order valence-corrected chi connectivity index (χ1v) is 8.50. The monoisotopic (exact) mass is 349 g/mol. The summed E-state index contributed by atoms with van der Waals surface area (Å²) in [6.07, 6.45) is 1.67. The molecule has 2 aromatic carbocycles. The van der Waals surface area contributed by atoms with Gasteiger partial charge in [-0.15, -0.1) is 0 Å². The first-order chi connectivity index (χ1) is 12.5. The second kappa shape index (κ2) is 7.44. The van der Waals surface area contributed by atoms with Crippen LogP contribution in [0.4, 0.5) is 11.5 Å². The molecule has 134 valence electrons. The van der Waals surface area contributed by atoms with Gasteiger partial charge in [-0.05, 0) is 47.5 Å². The zero-order chi connectivity index (χ0) is 18.7. The Kier molecular flexibility index (Phi) is 5.07. The highest BCUT2D eigenvalue weighted by Crippen LogP contribution is 2.26. The number of carbonyl (C=O) groups is 1. The van der Waals surface area contributed by atoms with E-state index in [0.717, 1.165) is 27.9 Å². The zero-order valence-electron chi connectivity index (χ0n) is 15.5. The second-order valence-corrected chi connectivity index (χ2v) is 6.48. The lowest BCUT2D eigenvalue weighted by molar-refractivity contribution is -0.117. The van der Waals surface area contributed by atoms with Gasteiger partial charge < -0.3 is 15.0 Å². The van der Waals surface area contributed by atoms with Crippen LogP contribution in [0.15, 0.2) is 54.7 Å². The normalized spacial score (nSPS) is 11.8. The number of nitrogens with one attached hydrogen (secondary N) is 1. The molecule has 1 aromatic heterocycles. The molecule has 5 nitrogen and oxygen atoms in total. The maximum atomic E-state index is 12.6. The Labute approximate surface area is 153 Å². The highest BCUT2D eigenvalue weighted by molar-refractivity contribution is 5.96. The Hall–Kier alpha value is -3.08. The summed E-state index contributed by atoms with van der Waals surface area (Å²) in [4.78, 5) is 18.8. The summed E-state index contributed by atoms with van der Waals surface area (Å²) in [6.45, 7) is 1.90. The number of fused-ring (bicyclic) bond motifs is 1. The minimum absolute atomic E-state index is 0.0581. The molecular formula is C21H23N3O2. The lowest BCUT2D eigenvalue weighted by Gasteiger charge is -2.15. The van der Waals surface area contributed by atoms with Crippen LogP contribution in [-0.2, 0) is 4.79 Å². The van der Waals surface area contributed by atoms with E-state index < -0.39 is 0 Å². The summed E-state index contributed by atoms with van der Waals surface area (Å²) in [5.74, 6) is 1.35. The smallest absolute Gasteiger partial charge is 0.231 e. The largest absolute Gasteiger partial charge is 0.497 e. The van der Waals surface area contributed by atoms with E-state index in [0.29, 0.717) is 5.69 Å². The van der Waals surface area contributed by atoms with Crippen molar-refractivity contribution in [2.24, 2.45) is 0 Å². The molecule has 3 aromatic rings. The van der Waals surface area contributed by atoms with E-state index in [1.54, 1.807) is 13.3 Å². The summed E-state index contributed by atoms with van der Waals surface area (Å²) >= 11 is 0. The predicted molar refractivity (Wildman–Crippen MR) is 106 cm³/mol. The minimum atomic E-state index is -0.268. The number of hydrogen-bond acceptors (Lipinski definition) is 4. The lowest BCUT2D eigenvalue weighted by atomic mass is 9.97. The number of ether oxygens (including phenoxy) is 1. The Morgan fingerprint density at radius 3 is 2.46 bits per heavy atom. The van der Waals surface area contributed by atoms with E-state index in [4.69, 9.17) is 4.74 Å². The molecule has 0 saturated carbocycles. The number of benzene rings is 2. The van der Waals surface area contributed by atoms with Crippen molar-refractivity contribution in [3.8, 4) is 5.75 Å². The summed E-state index contributed by atoms with van der Waals surface area (Å²) in [7, 11) is 5.51. The maximum Gasteiger partial charge on any atom is 0.231 e. The van der Waals surface area contributed by atoms with Crippen LogP contribution in [0.25, 0.3) is 10.8 Å². The van der Waals surface area contributed by atoms with Crippen LogP contribution >= 0.6 is 0 Å². The van der Waals surface area contributed by atoms with Crippen LogP contribution in [0.1, 0.15) is 18.4 Å². The van der Waals surface area contributed by atoms with Gasteiger partial charge in [0.05, 0.1) is 24.9 Å². The third-order valence-corrected chi connectivity index (χ3v) is 4.44. The van der Waals surface area contributed by atoms with Gasteiger partial charge in [-0.3, -0.25) is 4.79 Å².